The van der Waals surface area contributed by atoms with Gasteiger partial charge in [-0.1, -0.05) is 26.0 Å². The Morgan fingerprint density at radius 2 is 1.62 bits per heavy atom. The Labute approximate surface area is 188 Å². The standard InChI is InChI=1S/C24H26N4O3S/c1-16-12-17(2)15-28(14-16)24-23(26-20-6-4-5-7-21(20)27-24)22(13-25)32(29,30)19-10-8-18(31-3)9-11-19/h4-11,16-17,22H,12,14-15H2,1-3H3/t16-,17-,22+/m0/s1. The molecule has 7 nitrogen and oxygen atoms in total. The SMILES string of the molecule is COc1ccc(S(=O)(=O)[C@H](C#N)c2nc3ccccc3nc2N2C[C@@H](C)C[C@H](C)C2)cc1. The van der Waals surface area contributed by atoms with Gasteiger partial charge in [-0.15, -0.1) is 0 Å². The largest absolute Gasteiger partial charge is 0.497 e. The summed E-state index contributed by atoms with van der Waals surface area (Å²) in [6.07, 6.45) is 1.10. The summed E-state index contributed by atoms with van der Waals surface area (Å²) in [5.74, 6) is 1.88. The third kappa shape index (κ3) is 4.13. The number of rotatable bonds is 5. The number of methoxy groups -OCH3 is 1. The highest BCUT2D eigenvalue weighted by Gasteiger charge is 2.36. The molecule has 1 saturated heterocycles. The lowest BCUT2D eigenvalue weighted by atomic mass is 9.92. The van der Waals surface area contributed by atoms with Gasteiger partial charge in [0.25, 0.3) is 0 Å². The van der Waals surface area contributed by atoms with Crippen molar-refractivity contribution < 1.29 is 13.2 Å². The molecule has 3 aromatic rings. The van der Waals surface area contributed by atoms with E-state index in [1.165, 1.54) is 19.2 Å². The van der Waals surface area contributed by atoms with Gasteiger partial charge >= 0.3 is 0 Å². The van der Waals surface area contributed by atoms with Crippen LogP contribution < -0.4 is 9.64 Å². The molecule has 0 unspecified atom stereocenters. The van der Waals surface area contributed by atoms with Crippen LogP contribution in [0.1, 0.15) is 31.2 Å². The Kier molecular flexibility index (Phi) is 6.02. The molecular weight excluding hydrogens is 424 g/mol. The minimum absolute atomic E-state index is 0.0474. The lowest BCUT2D eigenvalue weighted by Crippen LogP contribution is -2.40. The number of para-hydroxylation sites is 2. The molecule has 2 aromatic carbocycles. The summed E-state index contributed by atoms with van der Waals surface area (Å²) in [5.41, 5.74) is 1.42. The molecule has 0 amide bonds. The molecule has 4 rings (SSSR count). The van der Waals surface area contributed by atoms with Gasteiger partial charge in [0.15, 0.2) is 11.1 Å². The molecular formula is C24H26N4O3S. The van der Waals surface area contributed by atoms with Gasteiger partial charge in [-0.3, -0.25) is 0 Å². The first-order chi connectivity index (χ1) is 15.3. The summed E-state index contributed by atoms with van der Waals surface area (Å²) >= 11 is 0. The predicted octanol–water partition coefficient (Wildman–Crippen LogP) is 4.16. The number of aromatic nitrogens is 2. The van der Waals surface area contributed by atoms with Gasteiger partial charge in [-0.25, -0.2) is 18.4 Å². The number of sulfone groups is 1. The molecule has 0 aliphatic carbocycles. The smallest absolute Gasteiger partial charge is 0.200 e. The van der Waals surface area contributed by atoms with E-state index in [2.05, 4.69) is 23.7 Å². The minimum atomic E-state index is -4.03. The zero-order valence-corrected chi connectivity index (χ0v) is 19.2. The summed E-state index contributed by atoms with van der Waals surface area (Å²) in [6, 6.07) is 15.4. The molecule has 32 heavy (non-hydrogen) atoms. The van der Waals surface area contributed by atoms with E-state index >= 15 is 0 Å². The second kappa shape index (κ2) is 8.75. The van der Waals surface area contributed by atoms with E-state index in [1.54, 1.807) is 18.2 Å². The average Bonchev–Trinajstić information content (AvgIpc) is 2.78. The van der Waals surface area contributed by atoms with E-state index in [4.69, 9.17) is 9.72 Å². The first-order valence-electron chi connectivity index (χ1n) is 10.6. The van der Waals surface area contributed by atoms with Crippen molar-refractivity contribution in [3.8, 4) is 11.8 Å². The number of ether oxygens (including phenoxy) is 1. The molecule has 0 N–H and O–H groups in total. The van der Waals surface area contributed by atoms with Crippen LogP contribution in [0.2, 0.25) is 0 Å². The van der Waals surface area contributed by atoms with E-state index in [0.717, 1.165) is 19.5 Å². The quantitative estimate of drug-likeness (QED) is 0.576. The molecule has 0 bridgehead atoms. The van der Waals surface area contributed by atoms with Crippen molar-refractivity contribution in [2.24, 2.45) is 11.8 Å². The summed E-state index contributed by atoms with van der Waals surface area (Å²) in [7, 11) is -2.52. The maximum Gasteiger partial charge on any atom is 0.200 e. The van der Waals surface area contributed by atoms with Crippen LogP contribution in [0, 0.1) is 23.2 Å². The monoisotopic (exact) mass is 450 g/mol. The normalized spacial score (nSPS) is 20.0. The molecule has 8 heteroatoms. The third-order valence-corrected chi connectivity index (χ3v) is 7.69. The van der Waals surface area contributed by atoms with E-state index in [-0.39, 0.29) is 10.6 Å². The highest BCUT2D eigenvalue weighted by Crippen LogP contribution is 2.36. The van der Waals surface area contributed by atoms with Crippen LogP contribution in [-0.2, 0) is 9.84 Å². The molecule has 1 aromatic heterocycles. The Morgan fingerprint density at radius 1 is 1.03 bits per heavy atom. The molecule has 0 spiro atoms. The first-order valence-corrected chi connectivity index (χ1v) is 12.2. The highest BCUT2D eigenvalue weighted by atomic mass is 32.2. The molecule has 3 atom stereocenters. The van der Waals surface area contributed by atoms with Crippen LogP contribution >= 0.6 is 0 Å². The molecule has 1 aliphatic heterocycles. The number of anilines is 1. The van der Waals surface area contributed by atoms with Gasteiger partial charge in [0, 0.05) is 13.1 Å². The van der Waals surface area contributed by atoms with Crippen molar-refractivity contribution in [3.05, 3.63) is 54.2 Å². The third-order valence-electron chi connectivity index (χ3n) is 5.81. The van der Waals surface area contributed by atoms with Crippen LogP contribution in [0.5, 0.6) is 5.75 Å². The van der Waals surface area contributed by atoms with Gasteiger partial charge in [0.1, 0.15) is 11.4 Å². The van der Waals surface area contributed by atoms with E-state index in [0.29, 0.717) is 34.4 Å². The number of fused-ring (bicyclic) bond motifs is 1. The van der Waals surface area contributed by atoms with E-state index in [9.17, 15) is 13.7 Å². The van der Waals surface area contributed by atoms with Gasteiger partial charge in [-0.2, -0.15) is 5.26 Å². The molecule has 1 fully saturated rings. The Balaban J connectivity index is 1.87. The summed E-state index contributed by atoms with van der Waals surface area (Å²) < 4.78 is 32.2. The van der Waals surface area contributed by atoms with Gasteiger partial charge in [0.2, 0.25) is 9.84 Å². The van der Waals surface area contributed by atoms with Crippen LogP contribution in [0.15, 0.2) is 53.4 Å². The van der Waals surface area contributed by atoms with Gasteiger partial charge < -0.3 is 9.64 Å². The summed E-state index contributed by atoms with van der Waals surface area (Å²) in [5, 5.41) is 8.56. The van der Waals surface area contributed by atoms with Crippen molar-refractivity contribution in [3.63, 3.8) is 0 Å². The fourth-order valence-corrected chi connectivity index (χ4v) is 5.81. The number of nitriles is 1. The summed E-state index contributed by atoms with van der Waals surface area (Å²) in [4.78, 5) is 11.6. The number of piperidine rings is 1. The van der Waals surface area contributed by atoms with Crippen molar-refractivity contribution in [2.75, 3.05) is 25.1 Å². The number of nitrogens with zero attached hydrogens (tertiary/aromatic N) is 4. The van der Waals surface area contributed by atoms with Crippen LogP contribution in [0.3, 0.4) is 0 Å². The second-order valence-corrected chi connectivity index (χ2v) is 10.5. The fourth-order valence-electron chi connectivity index (χ4n) is 4.43. The van der Waals surface area contributed by atoms with Crippen molar-refractivity contribution in [2.45, 2.75) is 30.4 Å². The van der Waals surface area contributed by atoms with E-state index in [1.807, 2.05) is 24.3 Å². The van der Waals surface area contributed by atoms with Crippen molar-refractivity contribution >= 4 is 26.7 Å². The molecule has 0 saturated carbocycles. The predicted molar refractivity (Wildman–Crippen MR) is 123 cm³/mol. The number of hydrogen-bond acceptors (Lipinski definition) is 7. The zero-order chi connectivity index (χ0) is 22.9. The second-order valence-electron chi connectivity index (χ2n) is 8.50. The first kappa shape index (κ1) is 22.0. The van der Waals surface area contributed by atoms with Crippen molar-refractivity contribution in [1.82, 2.24) is 9.97 Å². The van der Waals surface area contributed by atoms with Crippen LogP contribution in [0.25, 0.3) is 11.0 Å². The number of hydrogen-bond donors (Lipinski definition) is 0. The Bertz CT molecular complexity index is 1260. The molecule has 2 heterocycles. The summed E-state index contributed by atoms with van der Waals surface area (Å²) in [6.45, 7) is 5.83. The van der Waals surface area contributed by atoms with Gasteiger partial charge in [-0.05, 0) is 54.7 Å². The van der Waals surface area contributed by atoms with Crippen LogP contribution in [-0.4, -0.2) is 38.6 Å². The highest BCUT2D eigenvalue weighted by molar-refractivity contribution is 7.92. The maximum absolute atomic E-state index is 13.5. The van der Waals surface area contributed by atoms with Gasteiger partial charge in [0.05, 0.1) is 29.1 Å². The lowest BCUT2D eigenvalue weighted by molar-refractivity contribution is 0.355. The van der Waals surface area contributed by atoms with Crippen LogP contribution in [0.4, 0.5) is 5.82 Å². The van der Waals surface area contributed by atoms with Crippen molar-refractivity contribution in [1.29, 1.82) is 5.26 Å². The fraction of sp³-hybridized carbons (Fsp3) is 0.375. The molecule has 1 aliphatic rings. The lowest BCUT2D eigenvalue weighted by Gasteiger charge is -2.36. The maximum atomic E-state index is 13.5. The number of benzene rings is 2. The van der Waals surface area contributed by atoms with E-state index < -0.39 is 15.1 Å². The Hall–Kier alpha value is -3.18. The molecule has 166 valence electrons. The Morgan fingerprint density at radius 3 is 2.19 bits per heavy atom. The average molecular weight is 451 g/mol. The molecule has 0 radical (unpaired) electrons. The minimum Gasteiger partial charge on any atom is -0.497 e. The zero-order valence-electron chi connectivity index (χ0n) is 18.4. The topological polar surface area (TPSA) is 96.2 Å².